The Balaban J connectivity index is 0. The third-order valence-corrected chi connectivity index (χ3v) is 0. The summed E-state index contributed by atoms with van der Waals surface area (Å²) in [6.07, 6.45) is 0. The molecule has 0 aliphatic heterocycles. The van der Waals surface area contributed by atoms with Gasteiger partial charge in [-0.25, -0.2) is 0 Å². The third-order valence-electron chi connectivity index (χ3n) is 0. The smallest absolute Gasteiger partial charge is 2.00 e. The van der Waals surface area contributed by atoms with Gasteiger partial charge in [-0.05, 0) is 0 Å². The molecule has 0 rings (SSSR count). The maximum atomic E-state index is 0. The van der Waals surface area contributed by atoms with E-state index in [-0.39, 0.29) is 82.7 Å². The Morgan fingerprint density at radius 1 is 1.00 bits per heavy atom. The van der Waals surface area contributed by atoms with Gasteiger partial charge in [-0.15, -0.1) is 0 Å². The number of hydrogen-bond donors (Lipinski definition) is 0. The standard InChI is InChI=1S/Co.Li.Mn.Ni.S/q+2;+1;2*+2;-2. The summed E-state index contributed by atoms with van der Waals surface area (Å²) in [5.41, 5.74) is 0. The maximum absolute atomic E-state index is 0. The fraction of sp³-hybridized carbons (Fsp3) is 0. The van der Waals surface area contributed by atoms with Gasteiger partial charge in [0.05, 0.1) is 0 Å². The van der Waals surface area contributed by atoms with Crippen molar-refractivity contribution < 1.29 is 69.2 Å². The minimum atomic E-state index is 0. The maximum Gasteiger partial charge on any atom is 2.00 e. The van der Waals surface area contributed by atoms with Crippen LogP contribution in [0.1, 0.15) is 0 Å². The summed E-state index contributed by atoms with van der Waals surface area (Å²) < 4.78 is 0. The van der Waals surface area contributed by atoms with Crippen LogP contribution in [0.2, 0.25) is 0 Å². The van der Waals surface area contributed by atoms with Crippen molar-refractivity contribution in [3.8, 4) is 0 Å². The summed E-state index contributed by atoms with van der Waals surface area (Å²) in [4.78, 5) is 0. The van der Waals surface area contributed by atoms with Gasteiger partial charge < -0.3 is 13.5 Å². The Bertz CT molecular complexity index is 11.6. The molecule has 0 aromatic rings. The Hall–Kier alpha value is 2.47. The Labute approximate surface area is 81.8 Å². The molecule has 0 aliphatic rings. The average molecular weight is 212 g/mol. The first-order chi connectivity index (χ1) is 0. The molecule has 0 amide bonds. The molecule has 0 saturated heterocycles. The molecule has 0 unspecified atom stereocenters. The van der Waals surface area contributed by atoms with Crippen LogP contribution < -0.4 is 18.9 Å². The van der Waals surface area contributed by atoms with E-state index in [1.54, 1.807) is 0 Å². The Morgan fingerprint density at radius 2 is 1.00 bits per heavy atom. The third kappa shape index (κ3) is 21.2. The first-order valence-corrected chi connectivity index (χ1v) is 0. The fourth-order valence-corrected chi connectivity index (χ4v) is 0. The molecule has 0 bridgehead atoms. The van der Waals surface area contributed by atoms with E-state index in [0.717, 1.165) is 0 Å². The van der Waals surface area contributed by atoms with E-state index < -0.39 is 0 Å². The molecule has 0 nitrogen and oxygen atoms in total. The first kappa shape index (κ1) is 51.3. The van der Waals surface area contributed by atoms with Crippen LogP contribution in [0.25, 0.3) is 0 Å². The zero-order valence-corrected chi connectivity index (χ0v) is 6.46. The van der Waals surface area contributed by atoms with Gasteiger partial charge in [0.15, 0.2) is 0 Å². The van der Waals surface area contributed by atoms with E-state index in [2.05, 4.69) is 0 Å². The fourth-order valence-electron chi connectivity index (χ4n) is 0. The Kier molecular flexibility index (Phi) is 326. The van der Waals surface area contributed by atoms with E-state index in [4.69, 9.17) is 0 Å². The molecular formula is CoLiMnNiS+5. The first-order valence-electron chi connectivity index (χ1n) is 0. The molecule has 0 heterocycles. The van der Waals surface area contributed by atoms with Crippen LogP contribution in [0.5, 0.6) is 0 Å². The van der Waals surface area contributed by atoms with Crippen molar-refractivity contribution in [2.24, 2.45) is 0 Å². The van der Waals surface area contributed by atoms with Gasteiger partial charge in [0, 0.05) is 0 Å². The summed E-state index contributed by atoms with van der Waals surface area (Å²) in [5.74, 6) is 0. The molecular weight excluding hydrogens is 212 g/mol. The monoisotopic (exact) mass is 211 g/mol. The summed E-state index contributed by atoms with van der Waals surface area (Å²) in [6.45, 7) is 0. The van der Waals surface area contributed by atoms with Gasteiger partial charge in [-0.3, -0.25) is 0 Å². The van der Waals surface area contributed by atoms with Crippen molar-refractivity contribution in [1.29, 1.82) is 0 Å². The molecule has 0 saturated carbocycles. The van der Waals surface area contributed by atoms with Crippen LogP contribution >= 0.6 is 0 Å². The van der Waals surface area contributed by atoms with E-state index in [0.29, 0.717) is 0 Å². The zero-order chi connectivity index (χ0) is 0. The van der Waals surface area contributed by atoms with Crippen molar-refractivity contribution in [1.82, 2.24) is 0 Å². The van der Waals surface area contributed by atoms with Crippen LogP contribution in [0.4, 0.5) is 0 Å². The average Bonchev–Trinajstić information content (AvgIpc) is 0. The minimum absolute atomic E-state index is 0. The molecule has 28 valence electrons. The second-order valence-corrected chi connectivity index (χ2v) is 0. The minimum Gasteiger partial charge on any atom is -2.00 e. The van der Waals surface area contributed by atoms with Gasteiger partial charge >= 0.3 is 69.2 Å². The van der Waals surface area contributed by atoms with Crippen LogP contribution in [0.15, 0.2) is 0 Å². The van der Waals surface area contributed by atoms with Gasteiger partial charge in [0.1, 0.15) is 0 Å². The second-order valence-electron chi connectivity index (χ2n) is 0. The van der Waals surface area contributed by atoms with Crippen molar-refractivity contribution >= 4 is 13.5 Å². The molecule has 0 atom stereocenters. The van der Waals surface area contributed by atoms with Gasteiger partial charge in [-0.1, -0.05) is 0 Å². The molecule has 0 aromatic carbocycles. The molecule has 0 fully saturated rings. The number of rotatable bonds is 0. The van der Waals surface area contributed by atoms with Crippen molar-refractivity contribution in [3.63, 3.8) is 0 Å². The topological polar surface area (TPSA) is 0 Å². The van der Waals surface area contributed by atoms with E-state index in [1.165, 1.54) is 0 Å². The van der Waals surface area contributed by atoms with Crippen molar-refractivity contribution in [2.45, 2.75) is 0 Å². The molecule has 0 aliphatic carbocycles. The largest absolute Gasteiger partial charge is 2.00 e. The van der Waals surface area contributed by atoms with Crippen molar-refractivity contribution in [3.05, 3.63) is 0 Å². The molecule has 2 radical (unpaired) electrons. The Morgan fingerprint density at radius 3 is 1.00 bits per heavy atom. The van der Waals surface area contributed by atoms with Crippen LogP contribution in [0.3, 0.4) is 0 Å². The predicted molar refractivity (Wildman–Crippen MR) is 7.37 cm³/mol. The van der Waals surface area contributed by atoms with E-state index in [1.807, 2.05) is 0 Å². The second kappa shape index (κ2) is 31.8. The van der Waals surface area contributed by atoms with Crippen LogP contribution in [-0.2, 0) is 63.8 Å². The van der Waals surface area contributed by atoms with Gasteiger partial charge in [0.25, 0.3) is 0 Å². The molecule has 0 spiro atoms. The summed E-state index contributed by atoms with van der Waals surface area (Å²) >= 11 is 0. The summed E-state index contributed by atoms with van der Waals surface area (Å²) in [7, 11) is 0. The van der Waals surface area contributed by atoms with E-state index >= 15 is 0 Å². The van der Waals surface area contributed by atoms with Crippen LogP contribution in [-0.4, -0.2) is 0 Å². The summed E-state index contributed by atoms with van der Waals surface area (Å²) in [6, 6.07) is 0. The van der Waals surface area contributed by atoms with E-state index in [9.17, 15) is 0 Å². The van der Waals surface area contributed by atoms with Crippen molar-refractivity contribution in [2.75, 3.05) is 0 Å². The normalized spacial score (nSPS) is 0. The summed E-state index contributed by atoms with van der Waals surface area (Å²) in [5, 5.41) is 0. The molecule has 0 aromatic heterocycles. The molecule has 0 N–H and O–H groups in total. The number of hydrogen-bond acceptors (Lipinski definition) is 0. The zero-order valence-electron chi connectivity index (χ0n) is 2.44. The predicted octanol–water partition coefficient (Wildman–Crippen LogP) is -3.01. The SMILES string of the molecule is [Co+2].[Li+].[Mn+2].[Ni+2].[S-2]. The van der Waals surface area contributed by atoms with Gasteiger partial charge in [-0.2, -0.15) is 0 Å². The molecule has 5 heteroatoms. The molecule has 5 heavy (non-hydrogen) atoms. The van der Waals surface area contributed by atoms with Crippen LogP contribution in [0, 0.1) is 0 Å². The quantitative estimate of drug-likeness (QED) is 0.375. The van der Waals surface area contributed by atoms with Gasteiger partial charge in [0.2, 0.25) is 0 Å².